The van der Waals surface area contributed by atoms with Crippen molar-refractivity contribution in [1.82, 2.24) is 0 Å². The maximum atomic E-state index is 13.2. The Kier molecular flexibility index (Phi) is 77.9. The largest absolute Gasteiger partial charge is 0.472 e. The average molecular weight is 1560 g/mol. The zero-order chi connectivity index (χ0) is 78.5. The third kappa shape index (κ3) is 80.5. The van der Waals surface area contributed by atoms with Gasteiger partial charge in [-0.15, -0.1) is 0 Å². The lowest BCUT2D eigenvalue weighted by atomic mass is 9.99. The van der Waals surface area contributed by atoms with Crippen LogP contribution in [0, 0.1) is 11.8 Å². The SMILES string of the molecule is CCCCCCCCCCCCCCCCCCCCC(=O)OC[C@H](COP(=O)(O)OC[C@@H](O)COP(=O)(O)OC[C@@H](COC(=O)CCCCCCCCCCCC)OC(=O)CCCCCCCCCCCCCCCCC(C)C)OC(=O)CCCCCCCCCCCCCCCCCCCCC(C)CC. The number of phosphoric acid groups is 2. The van der Waals surface area contributed by atoms with Crippen LogP contribution in [0.1, 0.15) is 472 Å². The molecule has 0 aliphatic carbocycles. The van der Waals surface area contributed by atoms with Gasteiger partial charge in [-0.25, -0.2) is 9.13 Å². The molecular weight excluding hydrogens is 1390 g/mol. The predicted octanol–water partition coefficient (Wildman–Crippen LogP) is 27.0. The van der Waals surface area contributed by atoms with Crippen molar-refractivity contribution in [2.45, 2.75) is 490 Å². The molecule has 6 atom stereocenters. The number of aliphatic hydroxyl groups excluding tert-OH is 1. The second-order valence-corrected chi connectivity index (χ2v) is 35.3. The van der Waals surface area contributed by atoms with Gasteiger partial charge in [0.15, 0.2) is 12.2 Å². The average Bonchev–Trinajstić information content (AvgIpc) is 0.903. The van der Waals surface area contributed by atoms with Gasteiger partial charge in [-0.05, 0) is 37.5 Å². The molecule has 0 bridgehead atoms. The molecule has 0 aliphatic rings. The van der Waals surface area contributed by atoms with E-state index < -0.39 is 97.5 Å². The number of carbonyl (C=O) groups excluding carboxylic acids is 4. The van der Waals surface area contributed by atoms with Gasteiger partial charge in [-0.3, -0.25) is 37.3 Å². The van der Waals surface area contributed by atoms with Crippen molar-refractivity contribution in [3.05, 3.63) is 0 Å². The van der Waals surface area contributed by atoms with Gasteiger partial charge in [0.2, 0.25) is 0 Å². The molecule has 0 radical (unpaired) electrons. The van der Waals surface area contributed by atoms with Crippen LogP contribution in [0.3, 0.4) is 0 Å². The quantitative estimate of drug-likeness (QED) is 0.0222. The molecular formula is C88H172O17P2. The van der Waals surface area contributed by atoms with Crippen molar-refractivity contribution in [1.29, 1.82) is 0 Å². The van der Waals surface area contributed by atoms with Crippen molar-refractivity contribution >= 4 is 39.5 Å². The zero-order valence-corrected chi connectivity index (χ0v) is 72.2. The summed E-state index contributed by atoms with van der Waals surface area (Å²) in [6.07, 6.45) is 72.2. The maximum Gasteiger partial charge on any atom is 0.472 e. The van der Waals surface area contributed by atoms with E-state index in [0.29, 0.717) is 25.7 Å². The van der Waals surface area contributed by atoms with Gasteiger partial charge in [0.05, 0.1) is 26.4 Å². The van der Waals surface area contributed by atoms with Gasteiger partial charge in [0, 0.05) is 25.7 Å². The third-order valence-electron chi connectivity index (χ3n) is 21.1. The highest BCUT2D eigenvalue weighted by Crippen LogP contribution is 2.45. The highest BCUT2D eigenvalue weighted by Gasteiger charge is 2.31. The molecule has 0 rings (SSSR count). The Morgan fingerprint density at radius 3 is 0.710 bits per heavy atom. The maximum absolute atomic E-state index is 13.2. The number of rotatable bonds is 87. The monoisotopic (exact) mass is 1560 g/mol. The summed E-state index contributed by atoms with van der Waals surface area (Å²) in [7, 11) is -9.93. The molecule has 636 valence electrons. The normalized spacial score (nSPS) is 14.0. The third-order valence-corrected chi connectivity index (χ3v) is 23.0. The van der Waals surface area contributed by atoms with Crippen LogP contribution < -0.4 is 0 Å². The second kappa shape index (κ2) is 79.3. The fraction of sp³-hybridized carbons (Fsp3) is 0.955. The molecule has 0 saturated carbocycles. The second-order valence-electron chi connectivity index (χ2n) is 32.4. The van der Waals surface area contributed by atoms with Gasteiger partial charge >= 0.3 is 39.5 Å². The lowest BCUT2D eigenvalue weighted by Crippen LogP contribution is -2.30. The van der Waals surface area contributed by atoms with Gasteiger partial charge in [-0.1, -0.05) is 420 Å². The van der Waals surface area contributed by atoms with Gasteiger partial charge in [-0.2, -0.15) is 0 Å². The van der Waals surface area contributed by atoms with E-state index in [1.807, 2.05) is 0 Å². The van der Waals surface area contributed by atoms with E-state index >= 15 is 0 Å². The topological polar surface area (TPSA) is 237 Å². The number of aliphatic hydroxyl groups is 1. The summed E-state index contributed by atoms with van der Waals surface area (Å²) in [5.41, 5.74) is 0. The van der Waals surface area contributed by atoms with Crippen molar-refractivity contribution in [3.63, 3.8) is 0 Å². The van der Waals surface area contributed by atoms with Crippen molar-refractivity contribution < 1.29 is 80.2 Å². The van der Waals surface area contributed by atoms with Crippen LogP contribution in [0.25, 0.3) is 0 Å². The van der Waals surface area contributed by atoms with E-state index in [1.165, 1.54) is 289 Å². The van der Waals surface area contributed by atoms with Crippen LogP contribution in [-0.4, -0.2) is 96.7 Å². The summed E-state index contributed by atoms with van der Waals surface area (Å²) >= 11 is 0. The Balaban J connectivity index is 5.22. The lowest BCUT2D eigenvalue weighted by molar-refractivity contribution is -0.161. The van der Waals surface area contributed by atoms with E-state index in [1.54, 1.807) is 0 Å². The number of phosphoric ester groups is 2. The molecule has 0 aromatic rings. The molecule has 0 aromatic carbocycles. The summed E-state index contributed by atoms with van der Waals surface area (Å²) in [4.78, 5) is 73.3. The number of ether oxygens (including phenoxy) is 4. The first-order valence-electron chi connectivity index (χ1n) is 45.5. The van der Waals surface area contributed by atoms with Gasteiger partial charge in [0.25, 0.3) is 0 Å². The molecule has 3 N–H and O–H groups in total. The Hall–Kier alpha value is -1.94. The molecule has 0 heterocycles. The highest BCUT2D eigenvalue weighted by atomic mass is 31.2. The molecule has 0 fully saturated rings. The Bertz CT molecular complexity index is 2050. The summed E-state index contributed by atoms with van der Waals surface area (Å²) in [6.45, 7) is 9.77. The highest BCUT2D eigenvalue weighted by molar-refractivity contribution is 7.47. The molecule has 107 heavy (non-hydrogen) atoms. The van der Waals surface area contributed by atoms with Crippen LogP contribution in [0.4, 0.5) is 0 Å². The van der Waals surface area contributed by atoms with Gasteiger partial charge in [0.1, 0.15) is 19.3 Å². The van der Waals surface area contributed by atoms with Crippen LogP contribution in [0.5, 0.6) is 0 Å². The van der Waals surface area contributed by atoms with Gasteiger partial charge < -0.3 is 33.8 Å². The first-order valence-corrected chi connectivity index (χ1v) is 48.5. The summed E-state index contributed by atoms with van der Waals surface area (Å²) < 4.78 is 68.9. The standard InChI is InChI=1S/C88H172O17P2/c1-7-10-12-14-16-18-20-21-22-23-27-30-36-41-47-53-59-65-71-86(91)99-77-84(105-87(92)72-66-60-54-48-42-37-31-28-25-24-26-29-35-40-45-51-57-63-69-81(6)9-3)79-103-107(96,97)101-75-82(89)74-100-106(94,95)102-78-83(76-98-85(90)70-64-58-52-46-19-17-15-13-11-8-2)104-88(93)73-67-61-55-49-43-38-33-32-34-39-44-50-56-62-68-80(4)5/h80-84,89H,7-79H2,1-6H3,(H,94,95)(H,96,97)/t81?,82-,83+,84+/m0/s1. The van der Waals surface area contributed by atoms with Crippen LogP contribution >= 0.6 is 15.6 Å². The van der Waals surface area contributed by atoms with E-state index in [-0.39, 0.29) is 25.7 Å². The molecule has 0 spiro atoms. The van der Waals surface area contributed by atoms with Crippen LogP contribution in [0.2, 0.25) is 0 Å². The Morgan fingerprint density at radius 2 is 0.477 bits per heavy atom. The minimum atomic E-state index is -4.97. The van der Waals surface area contributed by atoms with E-state index in [0.717, 1.165) is 102 Å². The molecule has 0 aromatic heterocycles. The minimum absolute atomic E-state index is 0.108. The molecule has 17 nitrogen and oxygen atoms in total. The lowest BCUT2D eigenvalue weighted by Gasteiger charge is -2.21. The number of hydrogen-bond acceptors (Lipinski definition) is 15. The fourth-order valence-electron chi connectivity index (χ4n) is 13.7. The number of esters is 4. The van der Waals surface area contributed by atoms with Crippen molar-refractivity contribution in [3.8, 4) is 0 Å². The minimum Gasteiger partial charge on any atom is -0.462 e. The van der Waals surface area contributed by atoms with Crippen LogP contribution in [-0.2, 0) is 65.4 Å². The van der Waals surface area contributed by atoms with Crippen molar-refractivity contribution in [2.24, 2.45) is 11.8 Å². The summed E-state index contributed by atoms with van der Waals surface area (Å²) in [5.74, 6) is -0.433. The fourth-order valence-corrected chi connectivity index (χ4v) is 15.3. The molecule has 0 aliphatic heterocycles. The summed E-state index contributed by atoms with van der Waals surface area (Å²) in [6, 6.07) is 0. The molecule has 3 unspecified atom stereocenters. The molecule has 0 amide bonds. The Labute approximate surface area is 658 Å². The van der Waals surface area contributed by atoms with Crippen LogP contribution in [0.15, 0.2) is 0 Å². The summed E-state index contributed by atoms with van der Waals surface area (Å²) in [5, 5.41) is 10.7. The van der Waals surface area contributed by atoms with E-state index in [2.05, 4.69) is 41.5 Å². The molecule has 0 saturated heterocycles. The van der Waals surface area contributed by atoms with Crippen molar-refractivity contribution in [2.75, 3.05) is 39.6 Å². The number of hydrogen-bond donors (Lipinski definition) is 3. The van der Waals surface area contributed by atoms with E-state index in [9.17, 15) is 43.2 Å². The number of carbonyl (C=O) groups is 4. The molecule has 19 heteroatoms. The number of unbranched alkanes of at least 4 members (excludes halogenated alkanes) is 56. The predicted molar refractivity (Wildman–Crippen MR) is 442 cm³/mol. The smallest absolute Gasteiger partial charge is 0.462 e. The van der Waals surface area contributed by atoms with E-state index in [4.69, 9.17) is 37.0 Å². The first kappa shape index (κ1) is 105. The Morgan fingerprint density at radius 1 is 0.271 bits per heavy atom. The first-order chi connectivity index (χ1) is 51.9. The zero-order valence-electron chi connectivity index (χ0n) is 70.5.